The second-order valence-electron chi connectivity index (χ2n) is 6.72. The van der Waals surface area contributed by atoms with Gasteiger partial charge in [-0.3, -0.25) is 4.79 Å². The molecule has 126 valence electrons. The van der Waals surface area contributed by atoms with Gasteiger partial charge in [-0.1, -0.05) is 12.1 Å². The Bertz CT molecular complexity index is 728. The molecule has 0 saturated carbocycles. The number of rotatable bonds is 4. The molecule has 2 aliphatic heterocycles. The fourth-order valence-corrected chi connectivity index (χ4v) is 3.81. The van der Waals surface area contributed by atoms with Gasteiger partial charge in [0.15, 0.2) is 5.76 Å². The molecule has 3 heterocycles. The van der Waals surface area contributed by atoms with Crippen molar-refractivity contribution < 1.29 is 13.9 Å². The Balaban J connectivity index is 1.45. The maximum atomic E-state index is 12.5. The number of piperidine rings is 1. The quantitative estimate of drug-likeness (QED) is 0.939. The number of nitrogens with one attached hydrogen (secondary N) is 1. The summed E-state index contributed by atoms with van der Waals surface area (Å²) in [6.07, 6.45) is 2.33. The van der Waals surface area contributed by atoms with Crippen molar-refractivity contribution in [2.75, 3.05) is 26.7 Å². The van der Waals surface area contributed by atoms with Crippen LogP contribution in [0.2, 0.25) is 0 Å². The third-order valence-corrected chi connectivity index (χ3v) is 4.99. The molecule has 2 bridgehead atoms. The van der Waals surface area contributed by atoms with E-state index in [0.717, 1.165) is 36.7 Å². The molecule has 2 aromatic rings. The number of furan rings is 1. The lowest BCUT2D eigenvalue weighted by atomic mass is 9.97. The number of fused-ring (bicyclic) bond motifs is 2. The summed E-state index contributed by atoms with van der Waals surface area (Å²) in [7, 11) is 1.63. The van der Waals surface area contributed by atoms with Gasteiger partial charge in [-0.25, -0.2) is 0 Å². The molecule has 1 amide bonds. The minimum Gasteiger partial charge on any atom is -0.497 e. The van der Waals surface area contributed by atoms with Crippen molar-refractivity contribution in [1.29, 1.82) is 0 Å². The minimum absolute atomic E-state index is 0.128. The number of hydrogen-bond acceptors (Lipinski definition) is 4. The molecule has 1 aromatic carbocycles. The molecular weight excluding hydrogens is 304 g/mol. The van der Waals surface area contributed by atoms with Crippen molar-refractivity contribution >= 4 is 5.91 Å². The first-order chi connectivity index (χ1) is 11.7. The number of amides is 1. The van der Waals surface area contributed by atoms with Gasteiger partial charge in [0.1, 0.15) is 11.5 Å². The maximum absolute atomic E-state index is 12.5. The zero-order valence-electron chi connectivity index (χ0n) is 13.8. The molecule has 0 radical (unpaired) electrons. The largest absolute Gasteiger partial charge is 0.497 e. The van der Waals surface area contributed by atoms with E-state index in [-0.39, 0.29) is 11.9 Å². The van der Waals surface area contributed by atoms with E-state index in [1.165, 1.54) is 13.0 Å². The van der Waals surface area contributed by atoms with Crippen LogP contribution in [0.3, 0.4) is 0 Å². The summed E-state index contributed by atoms with van der Waals surface area (Å²) < 4.78 is 11.0. The highest BCUT2D eigenvalue weighted by Gasteiger charge is 2.33. The van der Waals surface area contributed by atoms with Crippen LogP contribution in [0.5, 0.6) is 5.75 Å². The van der Waals surface area contributed by atoms with E-state index in [0.29, 0.717) is 11.5 Å². The van der Waals surface area contributed by atoms with Crippen LogP contribution in [0.25, 0.3) is 11.3 Å². The summed E-state index contributed by atoms with van der Waals surface area (Å²) >= 11 is 0. The van der Waals surface area contributed by atoms with Crippen LogP contribution in [0.1, 0.15) is 23.4 Å². The van der Waals surface area contributed by atoms with Crippen molar-refractivity contribution in [2.24, 2.45) is 5.92 Å². The van der Waals surface area contributed by atoms with Gasteiger partial charge in [0.25, 0.3) is 5.91 Å². The van der Waals surface area contributed by atoms with Crippen LogP contribution in [0, 0.1) is 5.92 Å². The van der Waals surface area contributed by atoms with Gasteiger partial charge in [0, 0.05) is 24.7 Å². The number of nitrogens with zero attached hydrogens (tertiary/aromatic N) is 1. The second kappa shape index (κ2) is 6.32. The van der Waals surface area contributed by atoms with E-state index in [2.05, 4.69) is 10.2 Å². The first kappa shape index (κ1) is 15.3. The predicted molar refractivity (Wildman–Crippen MR) is 91.1 cm³/mol. The third kappa shape index (κ3) is 3.04. The van der Waals surface area contributed by atoms with Crippen LogP contribution in [-0.4, -0.2) is 43.6 Å². The van der Waals surface area contributed by atoms with Crippen molar-refractivity contribution in [2.45, 2.75) is 18.9 Å². The molecule has 4 rings (SSSR count). The molecular formula is C19H22N2O3. The first-order valence-electron chi connectivity index (χ1n) is 8.49. The summed E-state index contributed by atoms with van der Waals surface area (Å²) in [4.78, 5) is 14.9. The molecule has 24 heavy (non-hydrogen) atoms. The average molecular weight is 326 g/mol. The van der Waals surface area contributed by atoms with E-state index in [1.807, 2.05) is 30.3 Å². The lowest BCUT2D eigenvalue weighted by Gasteiger charge is -2.30. The highest BCUT2D eigenvalue weighted by molar-refractivity contribution is 5.92. The van der Waals surface area contributed by atoms with Gasteiger partial charge in [0.2, 0.25) is 0 Å². The zero-order valence-corrected chi connectivity index (χ0v) is 13.8. The average Bonchev–Trinajstić information content (AvgIpc) is 3.22. The maximum Gasteiger partial charge on any atom is 0.287 e. The lowest BCUT2D eigenvalue weighted by molar-refractivity contribution is 0.0882. The van der Waals surface area contributed by atoms with Crippen LogP contribution in [-0.2, 0) is 0 Å². The van der Waals surface area contributed by atoms with Crippen molar-refractivity contribution in [3.05, 3.63) is 42.2 Å². The van der Waals surface area contributed by atoms with Crippen molar-refractivity contribution in [3.8, 4) is 17.1 Å². The summed E-state index contributed by atoms with van der Waals surface area (Å²) in [5.74, 6) is 2.40. The fraction of sp³-hybridized carbons (Fsp3) is 0.421. The molecule has 2 aliphatic rings. The minimum atomic E-state index is -0.128. The lowest BCUT2D eigenvalue weighted by Crippen LogP contribution is -2.46. The number of benzene rings is 1. The number of methoxy groups -OCH3 is 1. The predicted octanol–water partition coefficient (Wildman–Crippen LogP) is 2.78. The Labute approximate surface area is 141 Å². The van der Waals surface area contributed by atoms with Crippen LogP contribution >= 0.6 is 0 Å². The van der Waals surface area contributed by atoms with Crippen molar-refractivity contribution in [1.82, 2.24) is 10.2 Å². The van der Waals surface area contributed by atoms with Crippen LogP contribution < -0.4 is 10.1 Å². The molecule has 2 fully saturated rings. The van der Waals surface area contributed by atoms with Crippen molar-refractivity contribution in [3.63, 3.8) is 0 Å². The standard InChI is InChI=1S/C19H22N2O3/c1-23-16-4-2-3-14(10-16)17-5-6-18(24-17)19(22)20-15-9-13-7-8-21(11-13)12-15/h2-6,10,13,15H,7-9,11-12H2,1H3,(H,20,22)/t13-,15-/m1/s1. The Kier molecular flexibility index (Phi) is 4.02. The topological polar surface area (TPSA) is 54.7 Å². The third-order valence-electron chi connectivity index (χ3n) is 4.99. The van der Waals surface area contributed by atoms with Gasteiger partial charge in [-0.15, -0.1) is 0 Å². The van der Waals surface area contributed by atoms with E-state index in [9.17, 15) is 4.79 Å². The summed E-state index contributed by atoms with van der Waals surface area (Å²) in [5, 5.41) is 3.12. The van der Waals surface area contributed by atoms with Gasteiger partial charge < -0.3 is 19.4 Å². The van der Waals surface area contributed by atoms with E-state index in [1.54, 1.807) is 13.2 Å². The molecule has 5 heteroatoms. The first-order valence-corrected chi connectivity index (χ1v) is 8.49. The summed E-state index contributed by atoms with van der Waals surface area (Å²) in [5.41, 5.74) is 0.898. The Morgan fingerprint density at radius 3 is 3.04 bits per heavy atom. The molecule has 1 aromatic heterocycles. The van der Waals surface area contributed by atoms with Gasteiger partial charge in [-0.2, -0.15) is 0 Å². The van der Waals surface area contributed by atoms with Crippen LogP contribution in [0.4, 0.5) is 0 Å². The van der Waals surface area contributed by atoms with E-state index < -0.39 is 0 Å². The van der Waals surface area contributed by atoms with Crippen LogP contribution in [0.15, 0.2) is 40.8 Å². The Hall–Kier alpha value is -2.27. The highest BCUT2D eigenvalue weighted by atomic mass is 16.5. The van der Waals surface area contributed by atoms with E-state index >= 15 is 0 Å². The molecule has 0 spiro atoms. The molecule has 2 saturated heterocycles. The highest BCUT2D eigenvalue weighted by Crippen LogP contribution is 2.28. The number of hydrogen-bond donors (Lipinski definition) is 1. The van der Waals surface area contributed by atoms with Gasteiger partial charge >= 0.3 is 0 Å². The normalized spacial score (nSPS) is 25.5. The molecule has 0 aliphatic carbocycles. The Morgan fingerprint density at radius 1 is 1.29 bits per heavy atom. The number of carbonyl (C=O) groups excluding carboxylic acids is 1. The Morgan fingerprint density at radius 2 is 2.21 bits per heavy atom. The van der Waals surface area contributed by atoms with E-state index in [4.69, 9.17) is 9.15 Å². The summed E-state index contributed by atoms with van der Waals surface area (Å²) in [6.45, 7) is 3.30. The second-order valence-corrected chi connectivity index (χ2v) is 6.72. The monoisotopic (exact) mass is 326 g/mol. The zero-order chi connectivity index (χ0) is 16.5. The number of carbonyl (C=O) groups is 1. The number of ether oxygens (including phenoxy) is 1. The molecule has 3 atom stereocenters. The molecule has 1 unspecified atom stereocenters. The molecule has 1 N–H and O–H groups in total. The SMILES string of the molecule is COc1cccc(-c2ccc(C(=O)N[C@@H]3C[C@H]4CCN(C4)C3)o2)c1. The van der Waals surface area contributed by atoms with Gasteiger partial charge in [-0.05, 0) is 49.6 Å². The summed E-state index contributed by atoms with van der Waals surface area (Å²) in [6, 6.07) is 11.4. The van der Waals surface area contributed by atoms with Gasteiger partial charge in [0.05, 0.1) is 7.11 Å². The smallest absolute Gasteiger partial charge is 0.287 e. The molecule has 5 nitrogen and oxygen atoms in total. The fourth-order valence-electron chi connectivity index (χ4n) is 3.81.